The number of aliphatic hydroxyl groups excluding tert-OH is 1. The van der Waals surface area contributed by atoms with Crippen molar-refractivity contribution >= 4 is 11.6 Å². The van der Waals surface area contributed by atoms with Crippen LogP contribution in [0.3, 0.4) is 0 Å². The topological polar surface area (TPSA) is 91.1 Å². The molecule has 2 unspecified atom stereocenters. The van der Waals surface area contributed by atoms with E-state index < -0.39 is 0 Å². The second kappa shape index (κ2) is 4.84. The van der Waals surface area contributed by atoms with Crippen LogP contribution >= 0.6 is 0 Å². The molecular weight excluding hydrogens is 194 g/mol. The van der Waals surface area contributed by atoms with Gasteiger partial charge in [0.25, 0.3) is 5.91 Å². The zero-order valence-electron chi connectivity index (χ0n) is 8.95. The lowest BCUT2D eigenvalue weighted by atomic mass is 10.1. The van der Waals surface area contributed by atoms with E-state index in [2.05, 4.69) is 10.3 Å². The second-order valence-corrected chi connectivity index (χ2v) is 3.77. The Kier molecular flexibility index (Phi) is 3.74. The number of hydrogen-bond donors (Lipinski definition) is 4. The predicted molar refractivity (Wildman–Crippen MR) is 58.4 cm³/mol. The molecule has 0 aliphatic carbocycles. The molecule has 1 aromatic rings. The molecule has 2 atom stereocenters. The number of nitrogen functional groups attached to an aromatic ring is 1. The van der Waals surface area contributed by atoms with Crippen LogP contribution in [0.5, 0.6) is 0 Å². The number of hydrogen-bond acceptors (Lipinski definition) is 3. The summed E-state index contributed by atoms with van der Waals surface area (Å²) in [5.74, 6) is -0.180. The molecule has 0 saturated heterocycles. The molecule has 1 aromatic heterocycles. The zero-order valence-corrected chi connectivity index (χ0v) is 8.95. The van der Waals surface area contributed by atoms with Crippen molar-refractivity contribution in [2.24, 2.45) is 5.92 Å². The maximum atomic E-state index is 11.6. The number of carbonyl (C=O) groups is 1. The molecule has 1 rings (SSSR count). The average molecular weight is 211 g/mol. The molecule has 5 heteroatoms. The van der Waals surface area contributed by atoms with Crippen LogP contribution in [0.2, 0.25) is 0 Å². The number of nitrogens with one attached hydrogen (secondary N) is 2. The van der Waals surface area contributed by atoms with Crippen molar-refractivity contribution in [1.29, 1.82) is 0 Å². The van der Waals surface area contributed by atoms with Gasteiger partial charge in [-0.1, -0.05) is 6.92 Å². The Morgan fingerprint density at radius 2 is 2.33 bits per heavy atom. The SMILES string of the molecule is CC(CO)C(C)NC(=O)c1cc(N)c[nH]1. The van der Waals surface area contributed by atoms with Crippen LogP contribution in [0, 0.1) is 5.92 Å². The number of H-pyrrole nitrogens is 1. The van der Waals surface area contributed by atoms with E-state index in [-0.39, 0.29) is 24.5 Å². The Morgan fingerprint density at radius 1 is 1.67 bits per heavy atom. The molecule has 0 aliphatic heterocycles. The molecule has 0 aromatic carbocycles. The second-order valence-electron chi connectivity index (χ2n) is 3.77. The molecule has 0 saturated carbocycles. The Hall–Kier alpha value is -1.49. The van der Waals surface area contributed by atoms with Crippen LogP contribution in [0.1, 0.15) is 24.3 Å². The summed E-state index contributed by atoms with van der Waals surface area (Å²) < 4.78 is 0. The van der Waals surface area contributed by atoms with Crippen molar-refractivity contribution in [1.82, 2.24) is 10.3 Å². The lowest BCUT2D eigenvalue weighted by Crippen LogP contribution is -2.38. The summed E-state index contributed by atoms with van der Waals surface area (Å²) in [6.07, 6.45) is 1.56. The summed E-state index contributed by atoms with van der Waals surface area (Å²) in [7, 11) is 0. The third-order valence-corrected chi connectivity index (χ3v) is 2.45. The van der Waals surface area contributed by atoms with Gasteiger partial charge in [0.05, 0.1) is 0 Å². The van der Waals surface area contributed by atoms with E-state index in [9.17, 15) is 4.79 Å². The van der Waals surface area contributed by atoms with E-state index in [1.165, 1.54) is 0 Å². The summed E-state index contributed by atoms with van der Waals surface area (Å²) in [6.45, 7) is 3.77. The quantitative estimate of drug-likeness (QED) is 0.579. The van der Waals surface area contributed by atoms with Crippen molar-refractivity contribution in [2.75, 3.05) is 12.3 Å². The summed E-state index contributed by atoms with van der Waals surface area (Å²) >= 11 is 0. The van der Waals surface area contributed by atoms with Crippen LogP contribution in [-0.2, 0) is 0 Å². The minimum Gasteiger partial charge on any atom is -0.397 e. The minimum absolute atomic E-state index is 0.0289. The average Bonchev–Trinajstić information content (AvgIpc) is 2.63. The highest BCUT2D eigenvalue weighted by Gasteiger charge is 2.15. The Bertz CT molecular complexity index is 335. The molecule has 1 amide bonds. The van der Waals surface area contributed by atoms with Crippen LogP contribution in [0.25, 0.3) is 0 Å². The van der Waals surface area contributed by atoms with Crippen LogP contribution in [0.4, 0.5) is 5.69 Å². The van der Waals surface area contributed by atoms with Gasteiger partial charge in [-0.25, -0.2) is 0 Å². The molecule has 0 radical (unpaired) electrons. The maximum Gasteiger partial charge on any atom is 0.267 e. The lowest BCUT2D eigenvalue weighted by molar-refractivity contribution is 0.0912. The van der Waals surface area contributed by atoms with E-state index in [0.29, 0.717) is 11.4 Å². The van der Waals surface area contributed by atoms with E-state index in [1.54, 1.807) is 12.3 Å². The number of aromatic nitrogens is 1. The first-order chi connectivity index (χ1) is 7.04. The van der Waals surface area contributed by atoms with Crippen molar-refractivity contribution in [3.63, 3.8) is 0 Å². The maximum absolute atomic E-state index is 11.6. The number of amides is 1. The van der Waals surface area contributed by atoms with Crippen LogP contribution in [-0.4, -0.2) is 28.6 Å². The highest BCUT2D eigenvalue weighted by atomic mass is 16.3. The van der Waals surface area contributed by atoms with Gasteiger partial charge in [-0.2, -0.15) is 0 Å². The third kappa shape index (κ3) is 2.99. The molecule has 5 nitrogen and oxygen atoms in total. The number of anilines is 1. The summed E-state index contributed by atoms with van der Waals surface area (Å²) in [6, 6.07) is 1.50. The fourth-order valence-electron chi connectivity index (χ4n) is 1.13. The fraction of sp³-hybridized carbons (Fsp3) is 0.500. The van der Waals surface area contributed by atoms with Gasteiger partial charge in [0.15, 0.2) is 0 Å². The fourth-order valence-corrected chi connectivity index (χ4v) is 1.13. The molecule has 0 spiro atoms. The van der Waals surface area contributed by atoms with Gasteiger partial charge >= 0.3 is 0 Å². The van der Waals surface area contributed by atoms with E-state index in [1.807, 2.05) is 13.8 Å². The van der Waals surface area contributed by atoms with Gasteiger partial charge in [-0.05, 0) is 18.9 Å². The smallest absolute Gasteiger partial charge is 0.267 e. The molecule has 84 valence electrons. The van der Waals surface area contributed by atoms with E-state index in [0.717, 1.165) is 0 Å². The van der Waals surface area contributed by atoms with Gasteiger partial charge in [-0.15, -0.1) is 0 Å². The molecule has 15 heavy (non-hydrogen) atoms. The van der Waals surface area contributed by atoms with Gasteiger partial charge < -0.3 is 21.1 Å². The van der Waals surface area contributed by atoms with Gasteiger partial charge in [0, 0.05) is 24.5 Å². The van der Waals surface area contributed by atoms with Crippen molar-refractivity contribution in [3.8, 4) is 0 Å². The van der Waals surface area contributed by atoms with Crippen LogP contribution in [0.15, 0.2) is 12.3 Å². The lowest BCUT2D eigenvalue weighted by Gasteiger charge is -2.18. The molecule has 5 N–H and O–H groups in total. The molecular formula is C10H17N3O2. The first-order valence-corrected chi connectivity index (χ1v) is 4.90. The first kappa shape index (κ1) is 11.6. The molecule has 0 fully saturated rings. The zero-order chi connectivity index (χ0) is 11.4. The normalized spacial score (nSPS) is 14.6. The van der Waals surface area contributed by atoms with Crippen molar-refractivity contribution in [3.05, 3.63) is 18.0 Å². The highest BCUT2D eigenvalue weighted by Crippen LogP contribution is 2.06. The number of aliphatic hydroxyl groups is 1. The van der Waals surface area contributed by atoms with E-state index >= 15 is 0 Å². The third-order valence-electron chi connectivity index (χ3n) is 2.45. The summed E-state index contributed by atoms with van der Waals surface area (Å²) in [5, 5.41) is 11.7. The predicted octanol–water partition coefficient (Wildman–Crippen LogP) is 0.344. The number of carbonyl (C=O) groups excluding carboxylic acids is 1. The Balaban J connectivity index is 2.56. The van der Waals surface area contributed by atoms with Gasteiger partial charge in [0.1, 0.15) is 5.69 Å². The number of nitrogens with two attached hydrogens (primary N) is 1. The highest BCUT2D eigenvalue weighted by molar-refractivity contribution is 5.93. The monoisotopic (exact) mass is 211 g/mol. The molecule has 0 bridgehead atoms. The Labute approximate surface area is 88.7 Å². The minimum atomic E-state index is -0.209. The molecule has 0 aliphatic rings. The largest absolute Gasteiger partial charge is 0.397 e. The molecule has 1 heterocycles. The van der Waals surface area contributed by atoms with Crippen LogP contribution < -0.4 is 11.1 Å². The summed E-state index contributed by atoms with van der Waals surface area (Å²) in [4.78, 5) is 14.4. The van der Waals surface area contributed by atoms with Crippen molar-refractivity contribution < 1.29 is 9.90 Å². The number of aromatic amines is 1. The van der Waals surface area contributed by atoms with Gasteiger partial charge in [0.2, 0.25) is 0 Å². The van der Waals surface area contributed by atoms with Gasteiger partial charge in [-0.3, -0.25) is 4.79 Å². The summed E-state index contributed by atoms with van der Waals surface area (Å²) in [5.41, 5.74) is 6.45. The van der Waals surface area contributed by atoms with Crippen molar-refractivity contribution in [2.45, 2.75) is 19.9 Å². The number of rotatable bonds is 4. The Morgan fingerprint density at radius 3 is 2.80 bits per heavy atom. The van der Waals surface area contributed by atoms with E-state index in [4.69, 9.17) is 10.8 Å². The standard InChI is InChI=1S/C10H17N3O2/c1-6(5-14)7(2)13-10(15)9-3-8(11)4-12-9/h3-4,6-7,12,14H,5,11H2,1-2H3,(H,13,15). The first-order valence-electron chi connectivity index (χ1n) is 4.90.